The molecule has 2 saturated heterocycles. The van der Waals surface area contributed by atoms with E-state index < -0.39 is 97.5 Å². The first-order chi connectivity index (χ1) is 50.9. The zero-order valence-electron chi connectivity index (χ0n) is 69.7. The number of fused-ring (bicyclic) bond motifs is 7. The Morgan fingerprint density at radius 2 is 0.889 bits per heavy atom. The Morgan fingerprint density at radius 1 is 0.509 bits per heavy atom. The van der Waals surface area contributed by atoms with Gasteiger partial charge in [0.1, 0.15) is 19.3 Å². The average molecular weight is 1590 g/mol. The number of allylic oxidation sites excluding steroid dienone is 2. The molecule has 24 heteroatoms. The van der Waals surface area contributed by atoms with Gasteiger partial charge in [-0.1, -0.05) is 273 Å². The minimum absolute atomic E-state index is 0. The van der Waals surface area contributed by atoms with Gasteiger partial charge in [-0.2, -0.15) is 0 Å². The maximum Gasteiger partial charge on any atom is 1.00 e. The second-order valence-electron chi connectivity index (χ2n) is 33.3. The second-order valence-corrected chi connectivity index (χ2v) is 36.1. The van der Waals surface area contributed by atoms with Gasteiger partial charge < -0.3 is 66.5 Å². The Kier molecular flexibility index (Phi) is 53.7. The van der Waals surface area contributed by atoms with E-state index in [9.17, 15) is 48.3 Å². The fraction of sp³-hybridized carbons (Fsp3) is 0.929. The van der Waals surface area contributed by atoms with Crippen LogP contribution in [0.25, 0.3) is 0 Å². The van der Waals surface area contributed by atoms with Crippen LogP contribution in [0.5, 0.6) is 0 Å². The van der Waals surface area contributed by atoms with Crippen LogP contribution in [0.4, 0.5) is 0 Å². The van der Waals surface area contributed by atoms with Crippen LogP contribution in [0.2, 0.25) is 0 Å². The summed E-state index contributed by atoms with van der Waals surface area (Å²) in [6.07, 6.45) is 47.8. The van der Waals surface area contributed by atoms with Gasteiger partial charge in [-0.15, -0.1) is 0 Å². The third kappa shape index (κ3) is 38.4. The van der Waals surface area contributed by atoms with Gasteiger partial charge in [-0.05, 0) is 117 Å². The summed E-state index contributed by atoms with van der Waals surface area (Å²) in [6, 6.07) is 0. The fourth-order valence-corrected chi connectivity index (χ4v) is 19.5. The van der Waals surface area contributed by atoms with Gasteiger partial charge in [0.2, 0.25) is 0 Å². The van der Waals surface area contributed by atoms with Gasteiger partial charge in [-0.3, -0.25) is 28.3 Å². The topological polar surface area (TPSA) is 281 Å². The first-order valence-electron chi connectivity index (χ1n) is 43.2. The Hall–Kier alpha value is -0.320. The monoisotopic (exact) mass is 1590 g/mol. The molecule has 618 valence electrons. The maximum atomic E-state index is 12.8. The molecule has 15 atom stereocenters. The number of phosphoric ester groups is 2. The van der Waals surface area contributed by atoms with Gasteiger partial charge in [0.15, 0.2) is 18.0 Å². The van der Waals surface area contributed by atoms with Crippen molar-refractivity contribution in [3.05, 3.63) is 11.6 Å². The first-order valence-corrected chi connectivity index (χ1v) is 46.1. The van der Waals surface area contributed by atoms with Crippen LogP contribution in [0.1, 0.15) is 370 Å². The van der Waals surface area contributed by atoms with Gasteiger partial charge in [0, 0.05) is 38.0 Å². The molecular formula is C84H150Na2O20P2. The van der Waals surface area contributed by atoms with E-state index in [1.807, 2.05) is 0 Å². The normalized spacial score (nSPS) is 26.7. The van der Waals surface area contributed by atoms with E-state index in [-0.39, 0.29) is 96.7 Å². The minimum Gasteiger partial charge on any atom is -0.756 e. The molecule has 0 aromatic carbocycles. The van der Waals surface area contributed by atoms with Crippen LogP contribution in [0.15, 0.2) is 11.6 Å². The molecule has 0 bridgehead atoms. The average Bonchev–Trinajstić information content (AvgIpc) is 1.52. The zero-order valence-corrected chi connectivity index (χ0v) is 75.5. The van der Waals surface area contributed by atoms with Crippen LogP contribution >= 0.6 is 15.6 Å². The molecule has 2 heterocycles. The van der Waals surface area contributed by atoms with Crippen molar-refractivity contribution >= 4 is 39.5 Å². The molecule has 20 nitrogen and oxygen atoms in total. The van der Waals surface area contributed by atoms with Crippen LogP contribution in [-0.2, 0) is 74.8 Å². The fourth-order valence-electron chi connectivity index (χ4n) is 17.9. The Balaban J connectivity index is 0.000000768. The van der Waals surface area contributed by atoms with E-state index in [2.05, 4.69) is 61.5 Å². The summed E-state index contributed by atoms with van der Waals surface area (Å²) >= 11 is 0. The Labute approximate surface area is 698 Å². The number of aliphatic hydroxyl groups is 2. The summed E-state index contributed by atoms with van der Waals surface area (Å²) in [7, 11) is -10.4. The standard InChI is InChI=1S/C57H110O17P2.C27H42O3.2Na/c1-5-9-13-17-21-25-29-33-37-41-54(59)67-47-52(73-56(61)43-39-35-31-27-23-19-15-11-7-3)49-71-75(63,64)69-45-51(58)46-70-76(65,66)72-50-53(74-57(62)44-40-36-32-28-24-20-16-12-8-4)48-68-55(60)42-38-34-30-26-22-18-14-10-6-2;1-16-7-12-27(29-15-16)17(2)24-23(30-27)14-22-20-6-5-18-13-19(28)8-10-25(18,3)21(20)9-11-26(22,24)4;;/h51-53,58H,5-50H2,1-4H3,(H,63,64)(H,65,66);9,16-20,22-24,28H,5-8,10-15H2,1-4H3;;/q;;2*+1/p-2. The number of unbranched alkanes of at least 4 members (excludes halogenated alkanes) is 32. The molecule has 0 radical (unpaired) electrons. The molecule has 2 N–H and O–H groups in total. The predicted molar refractivity (Wildman–Crippen MR) is 412 cm³/mol. The molecule has 1 spiro atoms. The van der Waals surface area contributed by atoms with Crippen LogP contribution in [0, 0.1) is 46.3 Å². The summed E-state index contributed by atoms with van der Waals surface area (Å²) < 4.78 is 80.0. The van der Waals surface area contributed by atoms with E-state index in [1.54, 1.807) is 5.57 Å². The number of hydrogen-bond donors (Lipinski definition) is 2. The predicted octanol–water partition coefficient (Wildman–Crippen LogP) is 13.7. The van der Waals surface area contributed by atoms with Gasteiger partial charge in [-0.25, -0.2) is 0 Å². The first kappa shape index (κ1) is 102. The van der Waals surface area contributed by atoms with Crippen molar-refractivity contribution in [1.29, 1.82) is 0 Å². The summed E-state index contributed by atoms with van der Waals surface area (Å²) in [5, 5.41) is 20.7. The molecule has 6 aliphatic rings. The van der Waals surface area contributed by atoms with Crippen molar-refractivity contribution in [2.45, 2.75) is 406 Å². The smallest absolute Gasteiger partial charge is 0.756 e. The van der Waals surface area contributed by atoms with Crippen molar-refractivity contribution in [2.24, 2.45) is 46.3 Å². The summed E-state index contributed by atoms with van der Waals surface area (Å²) in [4.78, 5) is 76.2. The molecule has 2 aliphatic heterocycles. The van der Waals surface area contributed by atoms with E-state index in [1.165, 1.54) is 141 Å². The third-order valence-corrected chi connectivity index (χ3v) is 26.2. The number of phosphoric acid groups is 2. The van der Waals surface area contributed by atoms with Crippen LogP contribution in [0.3, 0.4) is 0 Å². The molecular weight excluding hydrogens is 1440 g/mol. The number of carbonyl (C=O) groups excluding carboxylic acids is 4. The van der Waals surface area contributed by atoms with Crippen molar-refractivity contribution in [2.75, 3.05) is 46.2 Å². The Bertz CT molecular complexity index is 2450. The van der Waals surface area contributed by atoms with E-state index >= 15 is 0 Å². The minimum atomic E-state index is -5.20. The largest absolute Gasteiger partial charge is 1.00 e. The van der Waals surface area contributed by atoms with Gasteiger partial charge in [0.25, 0.3) is 15.6 Å². The van der Waals surface area contributed by atoms with Crippen LogP contribution < -0.4 is 68.9 Å². The van der Waals surface area contributed by atoms with Crippen molar-refractivity contribution < 1.29 is 154 Å². The molecule has 108 heavy (non-hydrogen) atoms. The molecule has 4 aliphatic carbocycles. The molecule has 0 aromatic heterocycles. The maximum absolute atomic E-state index is 12.8. The number of carbonyl (C=O) groups is 4. The summed E-state index contributed by atoms with van der Waals surface area (Å²) in [6.45, 7) is 15.1. The van der Waals surface area contributed by atoms with Crippen molar-refractivity contribution in [3.8, 4) is 0 Å². The van der Waals surface area contributed by atoms with Gasteiger partial charge >= 0.3 is 83.0 Å². The van der Waals surface area contributed by atoms with Crippen molar-refractivity contribution in [1.82, 2.24) is 0 Å². The Morgan fingerprint density at radius 3 is 1.28 bits per heavy atom. The number of hydrogen-bond acceptors (Lipinski definition) is 20. The van der Waals surface area contributed by atoms with E-state index in [0.717, 1.165) is 140 Å². The summed E-state index contributed by atoms with van der Waals surface area (Å²) in [5.74, 6) is 1.44. The molecule has 5 fully saturated rings. The molecule has 0 aromatic rings. The molecule has 15 unspecified atom stereocenters. The molecule has 3 saturated carbocycles. The quantitative estimate of drug-likeness (QED) is 0.0143. The van der Waals surface area contributed by atoms with Crippen LogP contribution in [-0.4, -0.2) is 117 Å². The molecule has 6 rings (SSSR count). The SMILES string of the molecule is CC1CCC2(OC1)OC1CC3C4CCC5CC(O)CCC5(C)C4=CCC3(C)C1C2C.CCCCCCCCCCCC(=O)OCC(COP(=O)([O-])OCC(O)COP(=O)([O-])OCC(COC(=O)CCCCCCCCCCC)OC(=O)CCCCCCCCCCC)OC(=O)CCCCCCCCCCC.[Na+].[Na+]. The third-order valence-electron chi connectivity index (χ3n) is 24.3. The van der Waals surface area contributed by atoms with Crippen molar-refractivity contribution in [3.63, 3.8) is 0 Å². The number of esters is 4. The van der Waals surface area contributed by atoms with E-state index in [0.29, 0.717) is 66.3 Å². The van der Waals surface area contributed by atoms with E-state index in [4.69, 9.17) is 46.5 Å². The number of ether oxygens (including phenoxy) is 6. The summed E-state index contributed by atoms with van der Waals surface area (Å²) in [5.41, 5.74) is 2.46. The number of rotatable bonds is 58. The zero-order chi connectivity index (χ0) is 77.1. The number of aliphatic hydroxyl groups excluding tert-OH is 2. The second kappa shape index (κ2) is 56.9. The molecule has 0 amide bonds. The van der Waals surface area contributed by atoms with Gasteiger partial charge in [0.05, 0.1) is 45.2 Å².